The average Bonchev–Trinajstić information content (AvgIpc) is 2.84. The van der Waals surface area contributed by atoms with E-state index in [0.29, 0.717) is 40.8 Å². The molecule has 0 aliphatic rings. The third-order valence-electron chi connectivity index (χ3n) is 2.31. The Balaban J connectivity index is 2.10. The topological polar surface area (TPSA) is 65.2 Å². The van der Waals surface area contributed by atoms with Gasteiger partial charge in [0.15, 0.2) is 18.7 Å². The van der Waals surface area contributed by atoms with E-state index in [1.807, 2.05) is 6.92 Å². The summed E-state index contributed by atoms with van der Waals surface area (Å²) in [5.74, 6) is 1.38. The van der Waals surface area contributed by atoms with Crippen molar-refractivity contribution in [2.75, 3.05) is 0 Å². The molecule has 18 heavy (non-hydrogen) atoms. The second-order valence-electron chi connectivity index (χ2n) is 3.52. The molecule has 0 radical (unpaired) electrons. The van der Waals surface area contributed by atoms with Gasteiger partial charge in [-0.1, -0.05) is 29.7 Å². The van der Waals surface area contributed by atoms with E-state index in [9.17, 15) is 4.79 Å². The highest BCUT2D eigenvalue weighted by molar-refractivity contribution is 6.33. The van der Waals surface area contributed by atoms with Crippen molar-refractivity contribution in [1.29, 1.82) is 0 Å². The minimum atomic E-state index is 0.105. The number of aryl methyl sites for hydroxylation is 1. The Hall–Kier alpha value is -1.88. The molecule has 94 valence electrons. The fourth-order valence-electron chi connectivity index (χ4n) is 1.39. The lowest BCUT2D eigenvalue weighted by atomic mass is 10.2. The number of carbonyl (C=O) groups excluding carboxylic acids is 1. The van der Waals surface area contributed by atoms with Crippen LogP contribution in [-0.2, 0) is 13.0 Å². The zero-order valence-electron chi connectivity index (χ0n) is 9.72. The molecule has 0 bridgehead atoms. The Morgan fingerprint density at radius 1 is 1.50 bits per heavy atom. The van der Waals surface area contributed by atoms with Gasteiger partial charge in [0.25, 0.3) is 5.89 Å². The SMILES string of the molecule is CCc1noc(COc2cccc(Cl)c2C=O)n1. The predicted octanol–water partition coefficient (Wildman–Crippen LogP) is 2.68. The summed E-state index contributed by atoms with van der Waals surface area (Å²) in [4.78, 5) is 15.0. The van der Waals surface area contributed by atoms with Crippen LogP contribution in [-0.4, -0.2) is 16.4 Å². The van der Waals surface area contributed by atoms with Crippen LogP contribution in [0.25, 0.3) is 0 Å². The van der Waals surface area contributed by atoms with Gasteiger partial charge in [-0.2, -0.15) is 4.98 Å². The van der Waals surface area contributed by atoms with E-state index >= 15 is 0 Å². The number of rotatable bonds is 5. The van der Waals surface area contributed by atoms with Crippen LogP contribution in [0, 0.1) is 0 Å². The third kappa shape index (κ3) is 2.68. The molecule has 2 rings (SSSR count). The summed E-state index contributed by atoms with van der Waals surface area (Å²) in [5.41, 5.74) is 0.314. The Morgan fingerprint density at radius 2 is 2.33 bits per heavy atom. The second-order valence-corrected chi connectivity index (χ2v) is 3.92. The number of nitrogens with zero attached hydrogens (tertiary/aromatic N) is 2. The standard InChI is InChI=1S/C12H11ClN2O3/c1-2-11-14-12(18-15-11)7-17-10-5-3-4-9(13)8(10)6-16/h3-6H,2,7H2,1H3. The first-order valence-electron chi connectivity index (χ1n) is 5.42. The van der Waals surface area contributed by atoms with Crippen LogP contribution in [0.4, 0.5) is 0 Å². The summed E-state index contributed by atoms with van der Waals surface area (Å²) in [6.45, 7) is 2.03. The minimum absolute atomic E-state index is 0.105. The molecule has 2 aromatic rings. The summed E-state index contributed by atoms with van der Waals surface area (Å²) >= 11 is 5.88. The molecule has 1 aromatic heterocycles. The van der Waals surface area contributed by atoms with E-state index in [2.05, 4.69) is 10.1 Å². The van der Waals surface area contributed by atoms with Crippen LogP contribution in [0.5, 0.6) is 5.75 Å². The van der Waals surface area contributed by atoms with E-state index in [1.54, 1.807) is 18.2 Å². The van der Waals surface area contributed by atoms with Crippen molar-refractivity contribution in [1.82, 2.24) is 10.1 Å². The van der Waals surface area contributed by atoms with Crippen molar-refractivity contribution in [2.45, 2.75) is 20.0 Å². The van der Waals surface area contributed by atoms with Gasteiger partial charge >= 0.3 is 0 Å². The van der Waals surface area contributed by atoms with Crippen LogP contribution >= 0.6 is 11.6 Å². The van der Waals surface area contributed by atoms with Gasteiger partial charge in [-0.05, 0) is 12.1 Å². The lowest BCUT2D eigenvalue weighted by Gasteiger charge is -2.06. The van der Waals surface area contributed by atoms with Crippen molar-refractivity contribution in [3.63, 3.8) is 0 Å². The van der Waals surface area contributed by atoms with Crippen molar-refractivity contribution in [3.8, 4) is 5.75 Å². The first kappa shape index (κ1) is 12.6. The molecule has 0 atom stereocenters. The molecule has 1 heterocycles. The molecule has 0 spiro atoms. The molecule has 1 aromatic carbocycles. The number of benzene rings is 1. The minimum Gasteiger partial charge on any atom is -0.483 e. The first-order chi connectivity index (χ1) is 8.74. The Morgan fingerprint density at radius 3 is 3.00 bits per heavy atom. The van der Waals surface area contributed by atoms with Crippen molar-refractivity contribution < 1.29 is 14.1 Å². The Kier molecular flexibility index (Phi) is 3.94. The number of carbonyl (C=O) groups is 1. The molecule has 0 aliphatic carbocycles. The normalized spacial score (nSPS) is 10.3. The van der Waals surface area contributed by atoms with Gasteiger partial charge in [0.2, 0.25) is 0 Å². The highest BCUT2D eigenvalue weighted by Crippen LogP contribution is 2.25. The summed E-state index contributed by atoms with van der Waals surface area (Å²) in [6.07, 6.45) is 1.35. The Bertz CT molecular complexity index is 554. The smallest absolute Gasteiger partial charge is 0.264 e. The summed E-state index contributed by atoms with van der Waals surface area (Å²) < 4.78 is 10.4. The maximum atomic E-state index is 10.9. The molecule has 0 aliphatic heterocycles. The van der Waals surface area contributed by atoms with Crippen LogP contribution < -0.4 is 4.74 Å². The zero-order valence-corrected chi connectivity index (χ0v) is 10.5. The van der Waals surface area contributed by atoms with Gasteiger partial charge in [0, 0.05) is 6.42 Å². The largest absolute Gasteiger partial charge is 0.483 e. The number of aldehydes is 1. The lowest BCUT2D eigenvalue weighted by Crippen LogP contribution is -1.99. The van der Waals surface area contributed by atoms with Crippen LogP contribution in [0.2, 0.25) is 5.02 Å². The maximum Gasteiger partial charge on any atom is 0.264 e. The molecule has 0 amide bonds. The number of aromatic nitrogens is 2. The molecule has 5 nitrogen and oxygen atoms in total. The van der Waals surface area contributed by atoms with Crippen LogP contribution in [0.1, 0.15) is 29.0 Å². The fraction of sp³-hybridized carbons (Fsp3) is 0.250. The molecule has 0 saturated heterocycles. The summed E-state index contributed by atoms with van der Waals surface area (Å²) in [5, 5.41) is 4.09. The highest BCUT2D eigenvalue weighted by atomic mass is 35.5. The molecule has 0 fully saturated rings. The van der Waals surface area contributed by atoms with Gasteiger partial charge < -0.3 is 9.26 Å². The molecule has 0 N–H and O–H groups in total. The molecule has 0 saturated carbocycles. The van der Waals surface area contributed by atoms with Crippen LogP contribution in [0.3, 0.4) is 0 Å². The molecule has 6 heteroatoms. The number of hydrogen-bond acceptors (Lipinski definition) is 5. The third-order valence-corrected chi connectivity index (χ3v) is 2.64. The average molecular weight is 267 g/mol. The number of halogens is 1. The summed E-state index contributed by atoms with van der Waals surface area (Å²) in [6, 6.07) is 4.99. The van der Waals surface area contributed by atoms with E-state index in [-0.39, 0.29) is 6.61 Å². The molecule has 0 unspecified atom stereocenters. The Labute approximate surface area is 109 Å². The van der Waals surface area contributed by atoms with Crippen molar-refractivity contribution in [2.24, 2.45) is 0 Å². The zero-order chi connectivity index (χ0) is 13.0. The quantitative estimate of drug-likeness (QED) is 0.779. The highest BCUT2D eigenvalue weighted by Gasteiger charge is 2.10. The van der Waals surface area contributed by atoms with E-state index in [0.717, 1.165) is 0 Å². The van der Waals surface area contributed by atoms with E-state index < -0.39 is 0 Å². The number of ether oxygens (including phenoxy) is 1. The van der Waals surface area contributed by atoms with E-state index in [4.69, 9.17) is 20.9 Å². The van der Waals surface area contributed by atoms with Gasteiger partial charge in [0.1, 0.15) is 5.75 Å². The molecular formula is C12H11ClN2O3. The summed E-state index contributed by atoms with van der Waals surface area (Å²) in [7, 11) is 0. The van der Waals surface area contributed by atoms with E-state index in [1.165, 1.54) is 0 Å². The van der Waals surface area contributed by atoms with Gasteiger partial charge in [-0.3, -0.25) is 4.79 Å². The monoisotopic (exact) mass is 266 g/mol. The number of hydrogen-bond donors (Lipinski definition) is 0. The fourth-order valence-corrected chi connectivity index (χ4v) is 1.60. The predicted molar refractivity (Wildman–Crippen MR) is 64.8 cm³/mol. The van der Waals surface area contributed by atoms with Gasteiger partial charge in [0.05, 0.1) is 10.6 Å². The second kappa shape index (κ2) is 5.64. The lowest BCUT2D eigenvalue weighted by molar-refractivity contribution is 0.111. The van der Waals surface area contributed by atoms with Gasteiger partial charge in [-0.25, -0.2) is 0 Å². The maximum absolute atomic E-state index is 10.9. The van der Waals surface area contributed by atoms with Crippen molar-refractivity contribution in [3.05, 3.63) is 40.5 Å². The van der Waals surface area contributed by atoms with Crippen molar-refractivity contribution >= 4 is 17.9 Å². The van der Waals surface area contributed by atoms with Crippen LogP contribution in [0.15, 0.2) is 22.7 Å². The first-order valence-corrected chi connectivity index (χ1v) is 5.80. The van der Waals surface area contributed by atoms with Gasteiger partial charge in [-0.15, -0.1) is 0 Å². The molecular weight excluding hydrogens is 256 g/mol.